The van der Waals surface area contributed by atoms with Gasteiger partial charge in [-0.1, -0.05) is 12.1 Å². The molecule has 0 bridgehead atoms. The summed E-state index contributed by atoms with van der Waals surface area (Å²) in [7, 11) is 0. The molecule has 36 heavy (non-hydrogen) atoms. The highest BCUT2D eigenvalue weighted by atomic mass is 32.2. The number of halogens is 3. The third-order valence-electron chi connectivity index (χ3n) is 6.08. The number of carbonyl (C=O) groups is 1. The monoisotopic (exact) mass is 512 g/mol. The maximum absolute atomic E-state index is 12.7. The molecule has 1 saturated heterocycles. The maximum Gasteiger partial charge on any atom is 0.417 e. The van der Waals surface area contributed by atoms with Gasteiger partial charge in [-0.3, -0.25) is 9.20 Å². The number of nitrogens with one attached hydrogen (secondary N) is 1. The highest BCUT2D eigenvalue weighted by molar-refractivity contribution is 7.97. The molecule has 0 atom stereocenters. The van der Waals surface area contributed by atoms with E-state index in [-0.39, 0.29) is 6.04 Å². The molecule has 0 unspecified atom stereocenters. The number of alkyl halides is 3. The number of fused-ring (bicyclic) bond motifs is 1. The molecular formula is C25H23F3N6OS. The number of nitrogens with two attached hydrogens (primary N) is 1. The molecule has 1 amide bonds. The van der Waals surface area contributed by atoms with Gasteiger partial charge in [0, 0.05) is 36.4 Å². The van der Waals surface area contributed by atoms with Crippen molar-refractivity contribution < 1.29 is 18.0 Å². The average Bonchev–Trinajstić information content (AvgIpc) is 3.29. The Morgan fingerprint density at radius 1 is 0.972 bits per heavy atom. The maximum atomic E-state index is 12.7. The molecule has 4 aromatic rings. The Morgan fingerprint density at radius 2 is 1.69 bits per heavy atom. The van der Waals surface area contributed by atoms with E-state index in [4.69, 9.17) is 5.73 Å². The zero-order valence-corrected chi connectivity index (χ0v) is 19.9. The van der Waals surface area contributed by atoms with Crippen molar-refractivity contribution in [3.63, 3.8) is 0 Å². The normalized spacial score (nSPS) is 15.3. The second-order valence-electron chi connectivity index (χ2n) is 8.55. The SMILES string of the molecule is NC(=O)c1cnc2ccc(-c3ccc(SN4CCC(Nc5ccc(C(F)(F)F)cn5)CC4)cc3)cn12. The molecule has 0 radical (unpaired) electrons. The lowest BCUT2D eigenvalue weighted by Crippen LogP contribution is -2.35. The summed E-state index contributed by atoms with van der Waals surface area (Å²) < 4.78 is 42.1. The molecule has 1 fully saturated rings. The minimum absolute atomic E-state index is 0.164. The van der Waals surface area contributed by atoms with E-state index in [1.807, 2.05) is 30.5 Å². The van der Waals surface area contributed by atoms with E-state index in [1.165, 1.54) is 12.3 Å². The highest BCUT2D eigenvalue weighted by Gasteiger charge is 2.30. The van der Waals surface area contributed by atoms with Crippen LogP contribution in [0, 0.1) is 0 Å². The second kappa shape index (κ2) is 9.82. The third-order valence-corrected chi connectivity index (χ3v) is 7.18. The van der Waals surface area contributed by atoms with E-state index in [2.05, 4.69) is 31.7 Å². The van der Waals surface area contributed by atoms with Crippen molar-refractivity contribution in [3.8, 4) is 11.1 Å². The number of aromatic nitrogens is 3. The van der Waals surface area contributed by atoms with Gasteiger partial charge in [0.1, 0.15) is 17.2 Å². The summed E-state index contributed by atoms with van der Waals surface area (Å²) in [5.74, 6) is -0.0671. The largest absolute Gasteiger partial charge is 0.417 e. The van der Waals surface area contributed by atoms with Crippen LogP contribution in [0.2, 0.25) is 0 Å². The van der Waals surface area contributed by atoms with Gasteiger partial charge < -0.3 is 11.1 Å². The van der Waals surface area contributed by atoms with E-state index in [9.17, 15) is 18.0 Å². The van der Waals surface area contributed by atoms with Crippen LogP contribution in [0.25, 0.3) is 16.8 Å². The number of anilines is 1. The predicted octanol–water partition coefficient (Wildman–Crippen LogP) is 5.10. The molecule has 186 valence electrons. The van der Waals surface area contributed by atoms with Crippen molar-refractivity contribution in [2.75, 3.05) is 18.4 Å². The molecule has 7 nitrogen and oxygen atoms in total. The number of benzene rings is 1. The average molecular weight is 513 g/mol. The minimum Gasteiger partial charge on any atom is -0.367 e. The van der Waals surface area contributed by atoms with Crippen LogP contribution < -0.4 is 11.1 Å². The molecule has 3 aromatic heterocycles. The molecule has 0 spiro atoms. The van der Waals surface area contributed by atoms with E-state index >= 15 is 0 Å². The molecule has 4 heterocycles. The summed E-state index contributed by atoms with van der Waals surface area (Å²) in [5, 5.41) is 3.24. The number of piperidine rings is 1. The number of carbonyl (C=O) groups excluding carboxylic acids is 1. The number of pyridine rings is 2. The van der Waals surface area contributed by atoms with Gasteiger partial charge >= 0.3 is 6.18 Å². The Balaban J connectivity index is 1.16. The van der Waals surface area contributed by atoms with E-state index in [0.717, 1.165) is 54.2 Å². The van der Waals surface area contributed by atoms with E-state index < -0.39 is 17.6 Å². The number of amides is 1. The molecule has 1 aliphatic rings. The molecule has 0 aliphatic carbocycles. The van der Waals surface area contributed by atoms with Crippen LogP contribution >= 0.6 is 11.9 Å². The summed E-state index contributed by atoms with van der Waals surface area (Å²) in [6.45, 7) is 1.69. The van der Waals surface area contributed by atoms with E-state index in [1.54, 1.807) is 16.3 Å². The molecule has 1 aromatic carbocycles. The summed E-state index contributed by atoms with van der Waals surface area (Å²) in [6, 6.07) is 14.6. The molecular weight excluding hydrogens is 489 g/mol. The van der Waals surface area contributed by atoms with Gasteiger partial charge in [0.25, 0.3) is 5.91 Å². The van der Waals surface area contributed by atoms with Crippen molar-refractivity contribution in [2.24, 2.45) is 5.73 Å². The predicted molar refractivity (Wildman–Crippen MR) is 132 cm³/mol. The van der Waals surface area contributed by atoms with Crippen LogP contribution in [0.1, 0.15) is 28.9 Å². The smallest absolute Gasteiger partial charge is 0.367 e. The highest BCUT2D eigenvalue weighted by Crippen LogP contribution is 2.31. The van der Waals surface area contributed by atoms with Crippen molar-refractivity contribution in [1.82, 2.24) is 18.7 Å². The van der Waals surface area contributed by atoms with Gasteiger partial charge in [-0.2, -0.15) is 13.2 Å². The van der Waals surface area contributed by atoms with Crippen molar-refractivity contribution in [3.05, 3.63) is 78.4 Å². The van der Waals surface area contributed by atoms with Gasteiger partial charge in [0.05, 0.1) is 11.8 Å². The number of nitrogens with zero attached hydrogens (tertiary/aromatic N) is 4. The van der Waals surface area contributed by atoms with Crippen LogP contribution in [0.15, 0.2) is 72.0 Å². The van der Waals surface area contributed by atoms with Gasteiger partial charge in [-0.25, -0.2) is 14.3 Å². The zero-order valence-electron chi connectivity index (χ0n) is 19.1. The summed E-state index contributed by atoms with van der Waals surface area (Å²) in [5.41, 5.74) is 7.65. The Kier molecular flexibility index (Phi) is 6.59. The number of rotatable bonds is 6. The first-order valence-corrected chi connectivity index (χ1v) is 12.1. The first kappa shape index (κ1) is 24.1. The Hall–Kier alpha value is -3.57. The summed E-state index contributed by atoms with van der Waals surface area (Å²) >= 11 is 1.68. The topological polar surface area (TPSA) is 88.5 Å². The fraction of sp³-hybridized carbons (Fsp3) is 0.240. The van der Waals surface area contributed by atoms with Gasteiger partial charge in [0.2, 0.25) is 0 Å². The van der Waals surface area contributed by atoms with Gasteiger partial charge in [-0.05, 0) is 72.3 Å². The molecule has 5 rings (SSSR count). The Morgan fingerprint density at radius 3 is 2.33 bits per heavy atom. The number of primary amides is 1. The fourth-order valence-corrected chi connectivity index (χ4v) is 5.09. The van der Waals surface area contributed by atoms with Crippen molar-refractivity contribution >= 4 is 29.3 Å². The summed E-state index contributed by atoms with van der Waals surface area (Å²) in [6.07, 6.45) is 1.53. The first-order valence-electron chi connectivity index (χ1n) is 11.4. The fourth-order valence-electron chi connectivity index (χ4n) is 4.14. The van der Waals surface area contributed by atoms with Crippen LogP contribution in [0.5, 0.6) is 0 Å². The number of hydrogen-bond acceptors (Lipinski definition) is 6. The first-order chi connectivity index (χ1) is 17.3. The number of hydrogen-bond donors (Lipinski definition) is 2. The molecule has 3 N–H and O–H groups in total. The molecule has 11 heteroatoms. The zero-order chi connectivity index (χ0) is 25.3. The molecule has 0 saturated carbocycles. The van der Waals surface area contributed by atoms with Crippen molar-refractivity contribution in [1.29, 1.82) is 0 Å². The van der Waals surface area contributed by atoms with Crippen molar-refractivity contribution in [2.45, 2.75) is 30.0 Å². The van der Waals surface area contributed by atoms with Crippen LogP contribution in [-0.2, 0) is 6.18 Å². The minimum atomic E-state index is -4.38. The Labute approximate surface area is 209 Å². The summed E-state index contributed by atoms with van der Waals surface area (Å²) in [4.78, 5) is 20.8. The lowest BCUT2D eigenvalue weighted by Gasteiger charge is -2.31. The quantitative estimate of drug-likeness (QED) is 0.350. The van der Waals surface area contributed by atoms with Gasteiger partial charge in [-0.15, -0.1) is 0 Å². The molecule has 1 aliphatic heterocycles. The van der Waals surface area contributed by atoms with Crippen LogP contribution in [0.4, 0.5) is 19.0 Å². The lowest BCUT2D eigenvalue weighted by molar-refractivity contribution is -0.137. The number of imidazole rings is 1. The van der Waals surface area contributed by atoms with Crippen LogP contribution in [0.3, 0.4) is 0 Å². The lowest BCUT2D eigenvalue weighted by atomic mass is 10.1. The van der Waals surface area contributed by atoms with Gasteiger partial charge in [0.15, 0.2) is 0 Å². The third kappa shape index (κ3) is 5.31. The van der Waals surface area contributed by atoms with Crippen LogP contribution in [-0.4, -0.2) is 43.7 Å². The Bertz CT molecular complexity index is 1360. The van der Waals surface area contributed by atoms with E-state index in [0.29, 0.717) is 17.2 Å². The standard InChI is InChI=1S/C25H23F3N6OS/c26-25(27,28)18-4-7-22(30-13-18)32-19-9-11-33(12-10-19)36-20-5-1-16(2-6-20)17-3-8-23-31-14-21(24(29)35)34(23)15-17/h1-8,13-15,19H,9-12H2,(H2,29,35)(H,30,32). The second-order valence-corrected chi connectivity index (χ2v) is 9.72.